The predicted octanol–water partition coefficient (Wildman–Crippen LogP) is 0.0324. The lowest BCUT2D eigenvalue weighted by Crippen LogP contribution is -2.35. The number of rotatable bonds is 2. The highest BCUT2D eigenvalue weighted by Gasteiger charge is 2.15. The highest BCUT2D eigenvalue weighted by molar-refractivity contribution is 5.44. The van der Waals surface area contributed by atoms with Gasteiger partial charge in [0.25, 0.3) is 6.20 Å². The van der Waals surface area contributed by atoms with Gasteiger partial charge in [-0.25, -0.2) is 4.79 Å². The number of aromatic amines is 1. The Kier molecular flexibility index (Phi) is 1.92. The van der Waals surface area contributed by atoms with Crippen LogP contribution >= 0.6 is 0 Å². The van der Waals surface area contributed by atoms with Gasteiger partial charge in [0.1, 0.15) is 0 Å². The fraction of sp³-hybridized carbons (Fsp3) is 0.200. The molecule has 3 rings (SSSR count). The maximum Gasteiger partial charge on any atom is 0.426 e. The van der Waals surface area contributed by atoms with Gasteiger partial charge in [-0.05, 0) is 23.5 Å². The lowest BCUT2D eigenvalue weighted by molar-refractivity contribution is -0.754. The SMILES string of the molecule is O=c1c[n+](Cc2ccc3c(c2)OCO3)[nH]o1. The molecule has 0 aliphatic carbocycles. The second-order valence-corrected chi connectivity index (χ2v) is 3.46. The van der Waals surface area contributed by atoms with Gasteiger partial charge in [0.2, 0.25) is 13.3 Å². The Morgan fingerprint density at radius 2 is 2.19 bits per heavy atom. The molecule has 1 aromatic heterocycles. The fourth-order valence-electron chi connectivity index (χ4n) is 1.60. The number of ether oxygens (including phenoxy) is 2. The van der Waals surface area contributed by atoms with Crippen LogP contribution in [0.3, 0.4) is 0 Å². The summed E-state index contributed by atoms with van der Waals surface area (Å²) in [5.41, 5.74) is 0.590. The molecule has 1 aromatic carbocycles. The van der Waals surface area contributed by atoms with E-state index in [0.717, 1.165) is 17.1 Å². The molecule has 1 N–H and O–H groups in total. The highest BCUT2D eigenvalue weighted by atomic mass is 16.7. The van der Waals surface area contributed by atoms with Gasteiger partial charge in [0.15, 0.2) is 11.5 Å². The summed E-state index contributed by atoms with van der Waals surface area (Å²) >= 11 is 0. The molecule has 2 aromatic rings. The summed E-state index contributed by atoms with van der Waals surface area (Å²) in [6.07, 6.45) is 1.35. The van der Waals surface area contributed by atoms with Crippen LogP contribution in [0.2, 0.25) is 0 Å². The molecule has 0 fully saturated rings. The van der Waals surface area contributed by atoms with Crippen molar-refractivity contribution in [3.63, 3.8) is 0 Å². The van der Waals surface area contributed by atoms with Crippen molar-refractivity contribution in [2.75, 3.05) is 6.79 Å². The minimum atomic E-state index is -0.402. The normalized spacial score (nSPS) is 13.0. The molecule has 1 aliphatic rings. The monoisotopic (exact) mass is 221 g/mol. The van der Waals surface area contributed by atoms with E-state index in [4.69, 9.17) is 9.47 Å². The first kappa shape index (κ1) is 9.02. The first-order chi connectivity index (χ1) is 7.81. The van der Waals surface area contributed by atoms with Crippen LogP contribution in [-0.4, -0.2) is 12.1 Å². The van der Waals surface area contributed by atoms with Crippen LogP contribution in [0.15, 0.2) is 33.7 Å². The minimum absolute atomic E-state index is 0.258. The molecule has 0 unspecified atom stereocenters. The molecule has 0 bridgehead atoms. The Bertz CT molecular complexity index is 572. The van der Waals surface area contributed by atoms with Crippen molar-refractivity contribution in [3.05, 3.63) is 40.4 Å². The van der Waals surface area contributed by atoms with E-state index in [1.807, 2.05) is 18.2 Å². The number of aromatic nitrogens is 2. The molecule has 0 atom stereocenters. The van der Waals surface area contributed by atoms with Gasteiger partial charge in [-0.1, -0.05) is 4.68 Å². The zero-order chi connectivity index (χ0) is 11.0. The first-order valence-electron chi connectivity index (χ1n) is 4.78. The first-order valence-corrected chi connectivity index (χ1v) is 4.78. The molecule has 82 valence electrons. The van der Waals surface area contributed by atoms with E-state index in [0.29, 0.717) is 6.54 Å². The average Bonchev–Trinajstić information content (AvgIpc) is 2.87. The topological polar surface area (TPSA) is 68.3 Å². The number of fused-ring (bicyclic) bond motifs is 1. The van der Waals surface area contributed by atoms with E-state index in [-0.39, 0.29) is 6.79 Å². The van der Waals surface area contributed by atoms with Gasteiger partial charge in [-0.15, -0.1) is 0 Å². The molecule has 6 heteroatoms. The van der Waals surface area contributed by atoms with Gasteiger partial charge < -0.3 is 9.47 Å². The van der Waals surface area contributed by atoms with Crippen LogP contribution in [-0.2, 0) is 6.54 Å². The fourth-order valence-corrected chi connectivity index (χ4v) is 1.60. The van der Waals surface area contributed by atoms with E-state index in [1.165, 1.54) is 6.20 Å². The Morgan fingerprint density at radius 3 is 3.00 bits per heavy atom. The molecule has 1 aliphatic heterocycles. The maximum atomic E-state index is 10.8. The molecular formula is C10H9N2O4+. The summed E-state index contributed by atoms with van der Waals surface area (Å²) in [6.45, 7) is 0.775. The summed E-state index contributed by atoms with van der Waals surface area (Å²) in [5.74, 6) is 1.47. The average molecular weight is 221 g/mol. The number of benzene rings is 1. The minimum Gasteiger partial charge on any atom is -0.454 e. The molecule has 0 spiro atoms. The number of nitrogens with one attached hydrogen (secondary N) is 1. The van der Waals surface area contributed by atoms with E-state index in [9.17, 15) is 4.79 Å². The van der Waals surface area contributed by atoms with E-state index in [2.05, 4.69) is 9.79 Å². The van der Waals surface area contributed by atoms with Gasteiger partial charge >= 0.3 is 5.63 Å². The Hall–Kier alpha value is -2.24. The Balaban J connectivity index is 1.88. The second-order valence-electron chi connectivity index (χ2n) is 3.46. The van der Waals surface area contributed by atoms with E-state index < -0.39 is 5.63 Å². The van der Waals surface area contributed by atoms with Crippen LogP contribution in [0.4, 0.5) is 0 Å². The number of hydrogen-bond donors (Lipinski definition) is 1. The van der Waals surface area contributed by atoms with Crippen molar-refractivity contribution >= 4 is 0 Å². The zero-order valence-electron chi connectivity index (χ0n) is 8.30. The largest absolute Gasteiger partial charge is 0.454 e. The van der Waals surface area contributed by atoms with Crippen LogP contribution in [0.1, 0.15) is 5.56 Å². The third kappa shape index (κ3) is 1.54. The lowest BCUT2D eigenvalue weighted by atomic mass is 10.2. The molecule has 0 saturated carbocycles. The Labute approximate surface area is 90.0 Å². The van der Waals surface area contributed by atoms with Crippen molar-refractivity contribution in [1.82, 2.24) is 5.27 Å². The third-order valence-corrected chi connectivity index (χ3v) is 2.31. The van der Waals surface area contributed by atoms with E-state index >= 15 is 0 Å². The number of hydrogen-bond acceptors (Lipinski definition) is 4. The van der Waals surface area contributed by atoms with Gasteiger partial charge in [-0.3, -0.25) is 4.52 Å². The van der Waals surface area contributed by atoms with Crippen molar-refractivity contribution in [3.8, 4) is 11.5 Å². The summed E-state index contributed by atoms with van der Waals surface area (Å²) in [4.78, 5) is 10.8. The molecule has 6 nitrogen and oxygen atoms in total. The van der Waals surface area contributed by atoms with Gasteiger partial charge in [-0.2, -0.15) is 0 Å². The summed E-state index contributed by atoms with van der Waals surface area (Å²) in [6, 6.07) is 5.63. The second kappa shape index (κ2) is 3.41. The summed E-state index contributed by atoms with van der Waals surface area (Å²) < 4.78 is 16.6. The predicted molar refractivity (Wildman–Crippen MR) is 51.2 cm³/mol. The third-order valence-electron chi connectivity index (χ3n) is 2.31. The van der Waals surface area contributed by atoms with Crippen LogP contribution < -0.4 is 19.8 Å². The molecular weight excluding hydrogens is 212 g/mol. The molecule has 0 saturated heterocycles. The van der Waals surface area contributed by atoms with Gasteiger partial charge in [0, 0.05) is 5.56 Å². The van der Waals surface area contributed by atoms with Crippen molar-refractivity contribution in [1.29, 1.82) is 0 Å². The van der Waals surface area contributed by atoms with Gasteiger partial charge in [0.05, 0.1) is 0 Å². The van der Waals surface area contributed by atoms with E-state index in [1.54, 1.807) is 4.68 Å². The standard InChI is InChI=1S/C10H8N2O4/c13-10-5-12(11-16-10)4-7-1-2-8-9(3-7)15-6-14-8/h1-3,5H,4,6H2/p+1. The molecule has 2 heterocycles. The zero-order valence-corrected chi connectivity index (χ0v) is 8.30. The summed E-state index contributed by atoms with van der Waals surface area (Å²) in [7, 11) is 0. The van der Waals surface area contributed by atoms with Crippen molar-refractivity contribution < 1.29 is 18.7 Å². The van der Waals surface area contributed by atoms with Crippen LogP contribution in [0.5, 0.6) is 11.5 Å². The smallest absolute Gasteiger partial charge is 0.426 e. The molecule has 16 heavy (non-hydrogen) atoms. The quantitative estimate of drug-likeness (QED) is 0.726. The summed E-state index contributed by atoms with van der Waals surface area (Å²) in [5, 5.41) is 2.48. The molecule has 0 amide bonds. The highest BCUT2D eigenvalue weighted by Crippen LogP contribution is 2.32. The van der Waals surface area contributed by atoms with Crippen LogP contribution in [0.25, 0.3) is 0 Å². The Morgan fingerprint density at radius 1 is 1.31 bits per heavy atom. The van der Waals surface area contributed by atoms with Crippen LogP contribution in [0, 0.1) is 0 Å². The number of nitrogens with zero attached hydrogens (tertiary/aromatic N) is 1. The lowest BCUT2D eigenvalue weighted by Gasteiger charge is -1.97. The van der Waals surface area contributed by atoms with Crippen molar-refractivity contribution in [2.45, 2.75) is 6.54 Å². The maximum absolute atomic E-state index is 10.8. The molecule has 0 radical (unpaired) electrons. The van der Waals surface area contributed by atoms with Crippen molar-refractivity contribution in [2.24, 2.45) is 0 Å². The number of H-pyrrole nitrogens is 1.